The summed E-state index contributed by atoms with van der Waals surface area (Å²) < 4.78 is 14.1. The quantitative estimate of drug-likeness (QED) is 0.859. The molecule has 0 bridgehead atoms. The Bertz CT molecular complexity index is 444. The molecule has 1 N–H and O–H groups in total. The maximum Gasteiger partial charge on any atom is 0.338 e. The summed E-state index contributed by atoms with van der Waals surface area (Å²) in [5.41, 5.74) is 0.181. The first-order valence-corrected chi connectivity index (χ1v) is 6.57. The minimum atomic E-state index is -1.22. The van der Waals surface area contributed by atoms with E-state index in [1.54, 1.807) is 12.1 Å². The van der Waals surface area contributed by atoms with Crippen molar-refractivity contribution in [2.75, 3.05) is 6.54 Å². The fourth-order valence-electron chi connectivity index (χ4n) is 2.01. The molecule has 0 aliphatic carbocycles. The average Bonchev–Trinajstić information content (AvgIpc) is 2.29. The summed E-state index contributed by atoms with van der Waals surface area (Å²) in [7, 11) is 0. The summed E-state index contributed by atoms with van der Waals surface area (Å²) in [5.74, 6) is -1.36. The van der Waals surface area contributed by atoms with E-state index in [2.05, 4.69) is 32.6 Å². The van der Waals surface area contributed by atoms with Crippen molar-refractivity contribution in [1.82, 2.24) is 4.90 Å². The molecule has 0 saturated heterocycles. The number of rotatable bonds is 6. The number of halogens is 1. The van der Waals surface area contributed by atoms with Crippen LogP contribution in [-0.4, -0.2) is 28.6 Å². The van der Waals surface area contributed by atoms with Crippen molar-refractivity contribution in [2.24, 2.45) is 5.92 Å². The molecule has 1 rings (SSSR count). The first kappa shape index (κ1) is 15.6. The molecule has 0 unspecified atom stereocenters. The van der Waals surface area contributed by atoms with Crippen LogP contribution in [0.3, 0.4) is 0 Å². The van der Waals surface area contributed by atoms with Crippen LogP contribution in [0.5, 0.6) is 0 Å². The maximum absolute atomic E-state index is 14.1. The second-order valence-corrected chi connectivity index (χ2v) is 5.50. The summed E-state index contributed by atoms with van der Waals surface area (Å²) in [4.78, 5) is 13.1. The Labute approximate surface area is 114 Å². The molecule has 0 aromatic heterocycles. The number of carbonyl (C=O) groups is 1. The third kappa shape index (κ3) is 4.31. The van der Waals surface area contributed by atoms with Gasteiger partial charge in [-0.05, 0) is 25.8 Å². The molecular weight excluding hydrogens is 245 g/mol. The Morgan fingerprint density at radius 1 is 1.32 bits per heavy atom. The standard InChI is InChI=1S/C15H22FNO2/c1-10(2)8-17(11(3)4)9-12-6-5-7-13(14(12)16)15(18)19/h5-7,10-11H,8-9H2,1-4H3,(H,18,19). The Morgan fingerprint density at radius 2 is 1.95 bits per heavy atom. The molecule has 0 fully saturated rings. The molecule has 3 nitrogen and oxygen atoms in total. The Balaban J connectivity index is 2.97. The van der Waals surface area contributed by atoms with E-state index in [-0.39, 0.29) is 11.6 Å². The van der Waals surface area contributed by atoms with Crippen molar-refractivity contribution in [3.63, 3.8) is 0 Å². The summed E-state index contributed by atoms with van der Waals surface area (Å²) in [6.45, 7) is 9.62. The van der Waals surface area contributed by atoms with Crippen LogP contribution in [0, 0.1) is 11.7 Å². The predicted octanol–water partition coefficient (Wildman–Crippen LogP) is 3.39. The number of benzene rings is 1. The number of carboxylic acid groups (broad SMARTS) is 1. The summed E-state index contributed by atoms with van der Waals surface area (Å²) in [5, 5.41) is 8.93. The third-order valence-electron chi connectivity index (χ3n) is 3.01. The van der Waals surface area contributed by atoms with Crippen LogP contribution in [-0.2, 0) is 6.54 Å². The van der Waals surface area contributed by atoms with Gasteiger partial charge in [-0.3, -0.25) is 4.90 Å². The summed E-state index contributed by atoms with van der Waals surface area (Å²) >= 11 is 0. The lowest BCUT2D eigenvalue weighted by Gasteiger charge is -2.28. The van der Waals surface area contributed by atoms with E-state index in [0.717, 1.165) is 6.54 Å². The van der Waals surface area contributed by atoms with Crippen LogP contribution >= 0.6 is 0 Å². The van der Waals surface area contributed by atoms with Gasteiger partial charge in [0.1, 0.15) is 5.82 Å². The number of hydrogen-bond donors (Lipinski definition) is 1. The van der Waals surface area contributed by atoms with Crippen LogP contribution in [0.15, 0.2) is 18.2 Å². The van der Waals surface area contributed by atoms with Gasteiger partial charge in [-0.25, -0.2) is 9.18 Å². The highest BCUT2D eigenvalue weighted by atomic mass is 19.1. The van der Waals surface area contributed by atoms with Gasteiger partial charge in [0.05, 0.1) is 5.56 Å². The number of carboxylic acids is 1. The average molecular weight is 267 g/mol. The van der Waals surface area contributed by atoms with E-state index in [4.69, 9.17) is 5.11 Å². The van der Waals surface area contributed by atoms with Crippen LogP contribution in [0.2, 0.25) is 0 Å². The van der Waals surface area contributed by atoms with Gasteiger partial charge in [0.25, 0.3) is 0 Å². The minimum absolute atomic E-state index is 0.259. The van der Waals surface area contributed by atoms with E-state index in [0.29, 0.717) is 18.0 Å². The third-order valence-corrected chi connectivity index (χ3v) is 3.01. The molecule has 106 valence electrons. The number of nitrogens with zero attached hydrogens (tertiary/aromatic N) is 1. The molecule has 19 heavy (non-hydrogen) atoms. The van der Waals surface area contributed by atoms with E-state index >= 15 is 0 Å². The lowest BCUT2D eigenvalue weighted by atomic mass is 10.1. The maximum atomic E-state index is 14.1. The van der Waals surface area contributed by atoms with Gasteiger partial charge in [-0.2, -0.15) is 0 Å². The number of aromatic carboxylic acids is 1. The molecular formula is C15H22FNO2. The molecule has 0 saturated carbocycles. The van der Waals surface area contributed by atoms with Crippen LogP contribution in [0.25, 0.3) is 0 Å². The van der Waals surface area contributed by atoms with E-state index in [9.17, 15) is 9.18 Å². The first-order chi connectivity index (χ1) is 8.82. The molecule has 0 atom stereocenters. The van der Waals surface area contributed by atoms with E-state index in [1.807, 2.05) is 0 Å². The number of hydrogen-bond acceptors (Lipinski definition) is 2. The topological polar surface area (TPSA) is 40.5 Å². The van der Waals surface area contributed by atoms with E-state index in [1.165, 1.54) is 6.07 Å². The van der Waals surface area contributed by atoms with Crippen molar-refractivity contribution >= 4 is 5.97 Å². The van der Waals surface area contributed by atoms with Gasteiger partial charge < -0.3 is 5.11 Å². The fraction of sp³-hybridized carbons (Fsp3) is 0.533. The van der Waals surface area contributed by atoms with Gasteiger partial charge in [0, 0.05) is 24.7 Å². The zero-order valence-corrected chi connectivity index (χ0v) is 12.0. The molecule has 0 radical (unpaired) electrons. The first-order valence-electron chi connectivity index (χ1n) is 6.57. The molecule has 0 amide bonds. The van der Waals surface area contributed by atoms with E-state index < -0.39 is 11.8 Å². The summed E-state index contributed by atoms with van der Waals surface area (Å²) in [6.07, 6.45) is 0. The normalized spacial score (nSPS) is 11.6. The van der Waals surface area contributed by atoms with Crippen LogP contribution in [0.1, 0.15) is 43.6 Å². The highest BCUT2D eigenvalue weighted by Gasteiger charge is 2.18. The van der Waals surface area contributed by atoms with Gasteiger partial charge in [0.15, 0.2) is 0 Å². The van der Waals surface area contributed by atoms with Crippen molar-refractivity contribution in [3.05, 3.63) is 35.1 Å². The fourth-order valence-corrected chi connectivity index (χ4v) is 2.01. The Morgan fingerprint density at radius 3 is 2.42 bits per heavy atom. The highest BCUT2D eigenvalue weighted by molar-refractivity contribution is 5.88. The molecule has 0 spiro atoms. The van der Waals surface area contributed by atoms with Gasteiger partial charge >= 0.3 is 5.97 Å². The molecule has 0 aliphatic rings. The minimum Gasteiger partial charge on any atom is -0.478 e. The van der Waals surface area contributed by atoms with Crippen LogP contribution in [0.4, 0.5) is 4.39 Å². The van der Waals surface area contributed by atoms with Gasteiger partial charge in [-0.1, -0.05) is 26.0 Å². The predicted molar refractivity (Wildman–Crippen MR) is 73.7 cm³/mol. The lowest BCUT2D eigenvalue weighted by Crippen LogP contribution is -2.34. The van der Waals surface area contributed by atoms with Crippen molar-refractivity contribution in [3.8, 4) is 0 Å². The smallest absolute Gasteiger partial charge is 0.338 e. The summed E-state index contributed by atoms with van der Waals surface area (Å²) in [6, 6.07) is 4.83. The van der Waals surface area contributed by atoms with Crippen molar-refractivity contribution in [1.29, 1.82) is 0 Å². The second kappa shape index (κ2) is 6.66. The molecule has 0 aliphatic heterocycles. The Kier molecular flexibility index (Phi) is 5.48. The second-order valence-electron chi connectivity index (χ2n) is 5.50. The molecule has 1 aromatic rings. The van der Waals surface area contributed by atoms with Gasteiger partial charge in [0.2, 0.25) is 0 Å². The van der Waals surface area contributed by atoms with Gasteiger partial charge in [-0.15, -0.1) is 0 Å². The highest BCUT2D eigenvalue weighted by Crippen LogP contribution is 2.17. The molecule has 1 aromatic carbocycles. The van der Waals surface area contributed by atoms with Crippen molar-refractivity contribution in [2.45, 2.75) is 40.3 Å². The monoisotopic (exact) mass is 267 g/mol. The van der Waals surface area contributed by atoms with Crippen LogP contribution < -0.4 is 0 Å². The van der Waals surface area contributed by atoms with Crippen molar-refractivity contribution < 1.29 is 14.3 Å². The lowest BCUT2D eigenvalue weighted by molar-refractivity contribution is 0.0691. The zero-order valence-electron chi connectivity index (χ0n) is 12.0. The largest absolute Gasteiger partial charge is 0.478 e. The molecule has 4 heteroatoms. The SMILES string of the molecule is CC(C)CN(Cc1cccc(C(=O)O)c1F)C(C)C. The Hall–Kier alpha value is -1.42. The molecule has 0 heterocycles. The zero-order chi connectivity index (χ0) is 14.6.